The van der Waals surface area contributed by atoms with Gasteiger partial charge < -0.3 is 24.2 Å². The first-order valence-electron chi connectivity index (χ1n) is 12.7. The molecule has 0 radical (unpaired) electrons. The predicted octanol–water partition coefficient (Wildman–Crippen LogP) is 7.12. The molecule has 0 unspecified atom stereocenters. The molecule has 0 aliphatic carbocycles. The van der Waals surface area contributed by atoms with Crippen LogP contribution in [0.2, 0.25) is 5.02 Å². The Morgan fingerprint density at radius 1 is 0.800 bits per heavy atom. The van der Waals surface area contributed by atoms with Crippen LogP contribution in [0.15, 0.2) is 91.0 Å². The fourth-order valence-electron chi connectivity index (χ4n) is 4.25. The molecular formula is C32H30ClNO6. The zero-order valence-corrected chi connectivity index (χ0v) is 23.1. The summed E-state index contributed by atoms with van der Waals surface area (Å²) in [5.74, 6) is 0.425. The summed E-state index contributed by atoms with van der Waals surface area (Å²) in [6, 6.07) is 26.8. The summed E-state index contributed by atoms with van der Waals surface area (Å²) in [5.41, 5.74) is 2.58. The van der Waals surface area contributed by atoms with Crippen LogP contribution in [-0.4, -0.2) is 42.6 Å². The molecule has 206 valence electrons. The Labute approximate surface area is 238 Å². The first kappa shape index (κ1) is 28.5. The maximum absolute atomic E-state index is 13.7. The highest BCUT2D eigenvalue weighted by Gasteiger charge is 2.19. The predicted molar refractivity (Wildman–Crippen MR) is 154 cm³/mol. The van der Waals surface area contributed by atoms with Crippen LogP contribution in [0.5, 0.6) is 23.0 Å². The topological polar surface area (TPSA) is 85.3 Å². The molecule has 4 aromatic carbocycles. The van der Waals surface area contributed by atoms with E-state index in [9.17, 15) is 14.7 Å². The van der Waals surface area contributed by atoms with E-state index in [1.54, 1.807) is 49.5 Å². The standard InChI is InChI=1S/C32H30ClNO6/c1-38-27-17-24(18-28(20-27)39-2)31(35)34(16-6-9-22-7-4-3-5-8-22)21-23-10-13-26(14-11-23)40-30-19-25(33)12-15-29(30)32(36)37/h3-5,7-8,10-15,17-20H,6,9,16,21H2,1-2H3,(H,36,37). The van der Waals surface area contributed by atoms with E-state index in [1.165, 1.54) is 23.8 Å². The van der Waals surface area contributed by atoms with Crippen molar-refractivity contribution in [1.82, 2.24) is 4.90 Å². The van der Waals surface area contributed by atoms with Gasteiger partial charge in [0, 0.05) is 35.8 Å². The zero-order chi connectivity index (χ0) is 28.5. The number of carboxylic acids is 1. The third-order valence-corrected chi connectivity index (χ3v) is 6.56. The largest absolute Gasteiger partial charge is 0.497 e. The Hall–Kier alpha value is -4.49. The van der Waals surface area contributed by atoms with Crippen LogP contribution in [0, 0.1) is 0 Å². The second-order valence-corrected chi connectivity index (χ2v) is 9.55. The van der Waals surface area contributed by atoms with Crippen LogP contribution in [-0.2, 0) is 13.0 Å². The van der Waals surface area contributed by atoms with E-state index in [1.807, 2.05) is 30.3 Å². The fourth-order valence-corrected chi connectivity index (χ4v) is 4.41. The van der Waals surface area contributed by atoms with E-state index in [0.717, 1.165) is 18.4 Å². The van der Waals surface area contributed by atoms with Crippen molar-refractivity contribution in [1.29, 1.82) is 0 Å². The van der Waals surface area contributed by atoms with Crippen LogP contribution in [0.1, 0.15) is 38.3 Å². The Bertz CT molecular complexity index is 1430. The molecule has 0 fully saturated rings. The highest BCUT2D eigenvalue weighted by Crippen LogP contribution is 2.29. The lowest BCUT2D eigenvalue weighted by Crippen LogP contribution is -2.32. The number of hydrogen-bond acceptors (Lipinski definition) is 5. The highest BCUT2D eigenvalue weighted by molar-refractivity contribution is 6.30. The summed E-state index contributed by atoms with van der Waals surface area (Å²) in [6.45, 7) is 0.904. The lowest BCUT2D eigenvalue weighted by molar-refractivity contribution is 0.0692. The van der Waals surface area contributed by atoms with Gasteiger partial charge in [-0.3, -0.25) is 4.79 Å². The Balaban J connectivity index is 1.53. The van der Waals surface area contributed by atoms with Gasteiger partial charge in [-0.2, -0.15) is 0 Å². The Morgan fingerprint density at radius 2 is 1.48 bits per heavy atom. The van der Waals surface area contributed by atoms with Crippen LogP contribution >= 0.6 is 11.6 Å². The van der Waals surface area contributed by atoms with Gasteiger partial charge in [0.2, 0.25) is 0 Å². The van der Waals surface area contributed by atoms with Gasteiger partial charge >= 0.3 is 5.97 Å². The number of ether oxygens (including phenoxy) is 3. The normalized spacial score (nSPS) is 10.6. The number of hydrogen-bond donors (Lipinski definition) is 1. The van der Waals surface area contributed by atoms with Crippen molar-refractivity contribution in [2.45, 2.75) is 19.4 Å². The molecule has 0 bridgehead atoms. The molecular weight excluding hydrogens is 530 g/mol. The molecule has 0 aliphatic heterocycles. The minimum Gasteiger partial charge on any atom is -0.497 e. The number of carbonyl (C=O) groups is 2. The number of aromatic carboxylic acids is 1. The molecule has 0 saturated heterocycles. The van der Waals surface area contributed by atoms with Crippen LogP contribution in [0.25, 0.3) is 0 Å². The minimum atomic E-state index is -1.11. The van der Waals surface area contributed by atoms with Crippen molar-refractivity contribution >= 4 is 23.5 Å². The number of halogens is 1. The van der Waals surface area contributed by atoms with Gasteiger partial charge in [0.15, 0.2) is 0 Å². The van der Waals surface area contributed by atoms with Gasteiger partial charge in [0.1, 0.15) is 28.6 Å². The van der Waals surface area contributed by atoms with E-state index in [2.05, 4.69) is 12.1 Å². The van der Waals surface area contributed by atoms with Crippen molar-refractivity contribution < 1.29 is 28.9 Å². The highest BCUT2D eigenvalue weighted by atomic mass is 35.5. The minimum absolute atomic E-state index is 0.0115. The molecule has 1 N–H and O–H groups in total. The van der Waals surface area contributed by atoms with Crippen molar-refractivity contribution in [2.75, 3.05) is 20.8 Å². The van der Waals surface area contributed by atoms with E-state index < -0.39 is 5.97 Å². The molecule has 1 amide bonds. The third kappa shape index (κ3) is 7.55. The molecule has 0 spiro atoms. The number of carbonyl (C=O) groups excluding carboxylic acids is 1. The number of benzene rings is 4. The number of nitrogens with zero attached hydrogens (tertiary/aromatic N) is 1. The van der Waals surface area contributed by atoms with Gasteiger partial charge in [-0.1, -0.05) is 54.1 Å². The number of rotatable bonds is 12. The van der Waals surface area contributed by atoms with Crippen molar-refractivity contribution in [3.63, 3.8) is 0 Å². The second kappa shape index (κ2) is 13.5. The maximum Gasteiger partial charge on any atom is 0.339 e. The number of aryl methyl sites for hydroxylation is 1. The third-order valence-electron chi connectivity index (χ3n) is 6.32. The van der Waals surface area contributed by atoms with Crippen molar-refractivity contribution in [2.24, 2.45) is 0 Å². The van der Waals surface area contributed by atoms with Gasteiger partial charge in [0.25, 0.3) is 5.91 Å². The summed E-state index contributed by atoms with van der Waals surface area (Å²) >= 11 is 6.04. The number of methoxy groups -OCH3 is 2. The fraction of sp³-hybridized carbons (Fsp3) is 0.188. The summed E-state index contributed by atoms with van der Waals surface area (Å²) in [5, 5.41) is 9.83. The van der Waals surface area contributed by atoms with Gasteiger partial charge in [0.05, 0.1) is 14.2 Å². The van der Waals surface area contributed by atoms with Gasteiger partial charge in [-0.05, 0) is 60.4 Å². The van der Waals surface area contributed by atoms with Crippen LogP contribution in [0.4, 0.5) is 0 Å². The molecule has 0 saturated carbocycles. The van der Waals surface area contributed by atoms with Gasteiger partial charge in [-0.15, -0.1) is 0 Å². The number of carboxylic acid groups (broad SMARTS) is 1. The van der Waals surface area contributed by atoms with E-state index in [0.29, 0.717) is 40.9 Å². The molecule has 8 heteroatoms. The first-order valence-corrected chi connectivity index (χ1v) is 13.1. The van der Waals surface area contributed by atoms with Crippen LogP contribution < -0.4 is 14.2 Å². The Morgan fingerprint density at radius 3 is 2.10 bits per heavy atom. The number of amides is 1. The van der Waals surface area contributed by atoms with Crippen molar-refractivity contribution in [3.05, 3.63) is 118 Å². The van der Waals surface area contributed by atoms with Crippen LogP contribution in [0.3, 0.4) is 0 Å². The smallest absolute Gasteiger partial charge is 0.339 e. The zero-order valence-electron chi connectivity index (χ0n) is 22.3. The summed E-state index contributed by atoms with van der Waals surface area (Å²) in [7, 11) is 3.10. The molecule has 0 atom stereocenters. The first-order chi connectivity index (χ1) is 19.4. The molecule has 7 nitrogen and oxygen atoms in total. The summed E-state index contributed by atoms with van der Waals surface area (Å²) in [6.07, 6.45) is 1.62. The van der Waals surface area contributed by atoms with Gasteiger partial charge in [-0.25, -0.2) is 4.79 Å². The Kier molecular flexibility index (Phi) is 9.65. The molecule has 4 aromatic rings. The van der Waals surface area contributed by atoms with E-state index >= 15 is 0 Å². The van der Waals surface area contributed by atoms with E-state index in [-0.39, 0.29) is 17.2 Å². The average molecular weight is 560 g/mol. The maximum atomic E-state index is 13.7. The average Bonchev–Trinajstić information content (AvgIpc) is 2.97. The molecule has 0 aliphatic rings. The SMILES string of the molecule is COc1cc(OC)cc(C(=O)N(CCCc2ccccc2)Cc2ccc(Oc3cc(Cl)ccc3C(=O)O)cc2)c1. The second-order valence-electron chi connectivity index (χ2n) is 9.11. The summed E-state index contributed by atoms with van der Waals surface area (Å²) in [4.78, 5) is 27.1. The molecule has 40 heavy (non-hydrogen) atoms. The molecule has 4 rings (SSSR count). The quantitative estimate of drug-likeness (QED) is 0.199. The summed E-state index contributed by atoms with van der Waals surface area (Å²) < 4.78 is 16.6. The molecule has 0 aromatic heterocycles. The molecule has 0 heterocycles. The van der Waals surface area contributed by atoms with E-state index in [4.69, 9.17) is 25.8 Å². The lowest BCUT2D eigenvalue weighted by Gasteiger charge is -2.24. The lowest BCUT2D eigenvalue weighted by atomic mass is 10.1. The monoisotopic (exact) mass is 559 g/mol. The van der Waals surface area contributed by atoms with Crippen molar-refractivity contribution in [3.8, 4) is 23.0 Å².